The second kappa shape index (κ2) is 10.5. The Morgan fingerprint density at radius 1 is 1.19 bits per heavy atom. The molecule has 13 heteroatoms. The molecule has 1 N–H and O–H groups in total. The minimum atomic E-state index is -4.72. The van der Waals surface area contributed by atoms with Gasteiger partial charge in [0.2, 0.25) is 5.91 Å². The average Bonchev–Trinajstić information content (AvgIpc) is 2.85. The average molecular weight is 535 g/mol. The first-order valence-electron chi connectivity index (χ1n) is 11.4. The summed E-state index contributed by atoms with van der Waals surface area (Å²) in [5.74, 6) is 1.59. The largest absolute Gasteiger partial charge is 0.496 e. The number of halogens is 3. The molecule has 0 radical (unpaired) electrons. The summed E-state index contributed by atoms with van der Waals surface area (Å²) in [5, 5.41) is 15.9. The van der Waals surface area contributed by atoms with Crippen molar-refractivity contribution in [2.75, 3.05) is 37.8 Å². The molecule has 1 aliphatic heterocycles. The Morgan fingerprint density at radius 3 is 2.49 bits per heavy atom. The summed E-state index contributed by atoms with van der Waals surface area (Å²) in [6, 6.07) is 6.28. The second-order valence-corrected chi connectivity index (χ2v) is 11.1. The minimum Gasteiger partial charge on any atom is -0.496 e. The number of anilines is 1. The lowest BCUT2D eigenvalue weighted by Gasteiger charge is -2.32. The minimum absolute atomic E-state index is 0.0466. The lowest BCUT2D eigenvalue weighted by atomic mass is 10.1. The van der Waals surface area contributed by atoms with Crippen LogP contribution in [0, 0.1) is 17.0 Å². The second-order valence-electron chi connectivity index (χ2n) is 8.65. The number of carbonyl (C=O) groups excluding carboxylic acids is 1. The van der Waals surface area contributed by atoms with E-state index in [1.54, 1.807) is 21.0 Å². The van der Waals surface area contributed by atoms with Gasteiger partial charge in [-0.25, -0.2) is 9.97 Å². The lowest BCUT2D eigenvalue weighted by Crippen LogP contribution is -2.38. The summed E-state index contributed by atoms with van der Waals surface area (Å²) < 4.78 is 45.6. The van der Waals surface area contributed by atoms with Gasteiger partial charge in [-0.15, -0.1) is 0 Å². The number of nitrogens with zero attached hydrogens (tertiary/aromatic N) is 4. The van der Waals surface area contributed by atoms with Crippen LogP contribution in [0.15, 0.2) is 30.3 Å². The lowest BCUT2D eigenvalue weighted by molar-refractivity contribution is -0.385. The third kappa shape index (κ3) is 5.90. The highest BCUT2D eigenvalue weighted by atomic mass is 31.1. The highest BCUT2D eigenvalue weighted by Gasteiger charge is 2.33. The fourth-order valence-corrected chi connectivity index (χ4v) is 6.75. The van der Waals surface area contributed by atoms with E-state index in [-0.39, 0.29) is 18.0 Å². The zero-order chi connectivity index (χ0) is 26.9. The van der Waals surface area contributed by atoms with Gasteiger partial charge < -0.3 is 15.0 Å². The smallest absolute Gasteiger partial charge is 0.416 e. The molecule has 1 amide bonds. The van der Waals surface area contributed by atoms with Gasteiger partial charge in [-0.05, 0) is 36.9 Å². The van der Waals surface area contributed by atoms with Gasteiger partial charge in [0.1, 0.15) is 17.4 Å². The van der Waals surface area contributed by atoms with Crippen LogP contribution in [0.3, 0.4) is 0 Å². The topological polar surface area (TPSA) is 110 Å². The van der Waals surface area contributed by atoms with Gasteiger partial charge >= 0.3 is 6.18 Å². The summed E-state index contributed by atoms with van der Waals surface area (Å²) in [6.07, 6.45) is -3.08. The van der Waals surface area contributed by atoms with Crippen LogP contribution in [-0.4, -0.2) is 58.2 Å². The van der Waals surface area contributed by atoms with E-state index in [1.165, 1.54) is 0 Å². The van der Waals surface area contributed by atoms with Crippen LogP contribution in [0.1, 0.15) is 23.9 Å². The zero-order valence-corrected chi connectivity index (χ0v) is 21.3. The molecule has 0 spiro atoms. The molecule has 0 saturated carbocycles. The van der Waals surface area contributed by atoms with Gasteiger partial charge in [0.05, 0.1) is 23.1 Å². The van der Waals surface area contributed by atoms with Crippen LogP contribution in [0.2, 0.25) is 0 Å². The van der Waals surface area contributed by atoms with Crippen molar-refractivity contribution in [3.8, 4) is 5.75 Å². The van der Waals surface area contributed by atoms with Gasteiger partial charge in [0.15, 0.2) is 0 Å². The number of alkyl halides is 3. The van der Waals surface area contributed by atoms with Crippen molar-refractivity contribution in [1.29, 1.82) is 0 Å². The number of benzene rings is 2. The number of methoxy groups -OCH3 is 1. The number of non-ortho nitro benzene ring substituents is 1. The Kier molecular flexibility index (Phi) is 7.49. The Bertz CT molecular complexity index is 1360. The summed E-state index contributed by atoms with van der Waals surface area (Å²) in [7, 11) is 0.960. The van der Waals surface area contributed by atoms with E-state index in [4.69, 9.17) is 4.74 Å². The van der Waals surface area contributed by atoms with Crippen LogP contribution < -0.4 is 15.4 Å². The molecule has 4 rings (SSSR count). The Morgan fingerprint density at radius 2 is 1.89 bits per heavy atom. The molecule has 0 atom stereocenters. The predicted octanol–water partition coefficient (Wildman–Crippen LogP) is 4.46. The number of hydrogen-bond acceptors (Lipinski definition) is 7. The summed E-state index contributed by atoms with van der Waals surface area (Å²) in [4.78, 5) is 32.8. The number of carbonyl (C=O) groups is 1. The van der Waals surface area contributed by atoms with Crippen molar-refractivity contribution in [3.63, 3.8) is 0 Å². The van der Waals surface area contributed by atoms with E-state index < -0.39 is 30.3 Å². The van der Waals surface area contributed by atoms with Crippen LogP contribution >= 0.6 is 7.92 Å². The molecule has 2 heterocycles. The molecule has 196 valence electrons. The van der Waals surface area contributed by atoms with E-state index in [2.05, 4.69) is 15.3 Å². The molecule has 0 unspecified atom stereocenters. The highest BCUT2D eigenvalue weighted by Crippen LogP contribution is 2.42. The van der Waals surface area contributed by atoms with Gasteiger partial charge in [0, 0.05) is 55.4 Å². The molecule has 0 bridgehead atoms. The number of amides is 1. The van der Waals surface area contributed by atoms with Gasteiger partial charge in [0.25, 0.3) is 5.69 Å². The van der Waals surface area contributed by atoms with Crippen molar-refractivity contribution < 1.29 is 27.6 Å². The third-order valence-electron chi connectivity index (χ3n) is 6.15. The number of rotatable bonds is 6. The van der Waals surface area contributed by atoms with E-state index >= 15 is 0 Å². The SMILES string of the molecule is COc1cc2nc(C)nc(NCc3cc([N+](=O)[O-])cc(C(F)(F)F)c3)c2cc1P1CCN(C(C)=O)CC1. The van der Waals surface area contributed by atoms with E-state index in [0.29, 0.717) is 47.5 Å². The number of nitro groups is 1. The zero-order valence-electron chi connectivity index (χ0n) is 20.4. The molecule has 1 saturated heterocycles. The monoisotopic (exact) mass is 535 g/mol. The summed E-state index contributed by atoms with van der Waals surface area (Å²) in [5.41, 5.74) is -1.03. The molecule has 0 aliphatic carbocycles. The molecular weight excluding hydrogens is 510 g/mol. The molecule has 9 nitrogen and oxygen atoms in total. The first kappa shape index (κ1) is 26.5. The number of fused-ring (bicyclic) bond motifs is 1. The first-order chi connectivity index (χ1) is 17.5. The van der Waals surface area contributed by atoms with Crippen molar-refractivity contribution in [1.82, 2.24) is 14.9 Å². The van der Waals surface area contributed by atoms with Gasteiger partial charge in [-0.1, -0.05) is 7.92 Å². The van der Waals surface area contributed by atoms with Crippen LogP contribution in [0.5, 0.6) is 5.75 Å². The number of nitro benzene ring substituents is 1. The summed E-state index contributed by atoms with van der Waals surface area (Å²) in [6.45, 7) is 4.46. The van der Waals surface area contributed by atoms with Crippen molar-refractivity contribution >= 4 is 41.5 Å². The molecule has 3 aromatic rings. The molecule has 2 aromatic carbocycles. The number of aromatic nitrogens is 2. The molecule has 1 aromatic heterocycles. The molecule has 1 fully saturated rings. The third-order valence-corrected chi connectivity index (χ3v) is 8.66. The van der Waals surface area contributed by atoms with Crippen LogP contribution in [0.25, 0.3) is 10.9 Å². The Hall–Kier alpha value is -3.53. The number of aryl methyl sites for hydroxylation is 1. The quantitative estimate of drug-likeness (QED) is 0.282. The number of ether oxygens (including phenoxy) is 1. The first-order valence-corrected chi connectivity index (χ1v) is 13.1. The summed E-state index contributed by atoms with van der Waals surface area (Å²) >= 11 is 0. The van der Waals surface area contributed by atoms with Crippen molar-refractivity contribution in [3.05, 3.63) is 57.4 Å². The molecular formula is C24H25F3N5O4P. The highest BCUT2D eigenvalue weighted by molar-refractivity contribution is 7.66. The predicted molar refractivity (Wildman–Crippen MR) is 135 cm³/mol. The maximum absolute atomic E-state index is 13.3. The van der Waals surface area contributed by atoms with E-state index in [1.807, 2.05) is 17.0 Å². The number of nitrogens with one attached hydrogen (secondary N) is 1. The molecule has 1 aliphatic rings. The Balaban J connectivity index is 1.69. The van der Waals surface area contributed by atoms with Crippen LogP contribution in [-0.2, 0) is 17.5 Å². The Labute approximate surface area is 211 Å². The fourth-order valence-electron chi connectivity index (χ4n) is 4.30. The van der Waals surface area contributed by atoms with E-state index in [0.717, 1.165) is 29.8 Å². The van der Waals surface area contributed by atoms with Crippen molar-refractivity contribution in [2.24, 2.45) is 0 Å². The maximum atomic E-state index is 13.3. The maximum Gasteiger partial charge on any atom is 0.416 e. The fraction of sp³-hybridized carbons (Fsp3) is 0.375. The van der Waals surface area contributed by atoms with Gasteiger partial charge in [-0.2, -0.15) is 13.2 Å². The molecule has 37 heavy (non-hydrogen) atoms. The standard InChI is InChI=1S/C24H25F3N5O4P/c1-14-29-20-12-21(36-3)22(37-6-4-31(5-7-37)15(2)33)11-19(20)23(30-14)28-13-16-8-17(24(25,26)27)10-18(9-16)32(34)35/h8-12H,4-7,13H2,1-3H3,(H,28,29,30). The van der Waals surface area contributed by atoms with E-state index in [9.17, 15) is 28.1 Å². The normalized spacial score (nSPS) is 14.6. The number of hydrogen-bond donors (Lipinski definition) is 1. The van der Waals surface area contributed by atoms with Gasteiger partial charge in [-0.3, -0.25) is 14.9 Å². The van der Waals surface area contributed by atoms with Crippen LogP contribution in [0.4, 0.5) is 24.7 Å². The van der Waals surface area contributed by atoms with Crippen molar-refractivity contribution in [2.45, 2.75) is 26.6 Å².